The molecule has 2 aliphatic rings. The van der Waals surface area contributed by atoms with Crippen LogP contribution in [-0.2, 0) is 4.79 Å². The fourth-order valence-corrected chi connectivity index (χ4v) is 6.37. The van der Waals surface area contributed by atoms with E-state index in [9.17, 15) is 14.4 Å². The predicted molar refractivity (Wildman–Crippen MR) is 151 cm³/mol. The van der Waals surface area contributed by atoms with Crippen molar-refractivity contribution in [1.82, 2.24) is 15.6 Å². The van der Waals surface area contributed by atoms with Crippen molar-refractivity contribution in [1.29, 1.82) is 0 Å². The molecular weight excluding hydrogens is 514 g/mol. The number of amides is 4. The van der Waals surface area contributed by atoms with Gasteiger partial charge in [-0.1, -0.05) is 18.2 Å². The van der Waals surface area contributed by atoms with Crippen LogP contribution in [0, 0.1) is 6.92 Å². The van der Waals surface area contributed by atoms with Crippen molar-refractivity contribution in [2.75, 3.05) is 10.2 Å². The lowest BCUT2D eigenvalue weighted by molar-refractivity contribution is -0.119. The number of ether oxygens (including phenoxy) is 1. The van der Waals surface area contributed by atoms with Gasteiger partial charge in [-0.15, -0.1) is 11.3 Å². The Morgan fingerprint density at radius 1 is 1.03 bits per heavy atom. The molecule has 1 aliphatic heterocycles. The summed E-state index contributed by atoms with van der Waals surface area (Å²) in [6.07, 6.45) is 4.16. The number of pyridine rings is 1. The Hall–Kier alpha value is -4.44. The number of para-hydroxylation sites is 1. The summed E-state index contributed by atoms with van der Waals surface area (Å²) < 4.78 is 5.96. The third kappa shape index (κ3) is 4.67. The van der Waals surface area contributed by atoms with Crippen LogP contribution < -0.4 is 25.6 Å². The number of benzene rings is 2. The first kappa shape index (κ1) is 24.9. The number of aryl methyl sites for hydroxylation is 1. The van der Waals surface area contributed by atoms with Gasteiger partial charge in [-0.3, -0.25) is 14.5 Å². The molecular formula is C29H27N5O4S. The van der Waals surface area contributed by atoms with E-state index in [1.165, 1.54) is 18.3 Å². The summed E-state index contributed by atoms with van der Waals surface area (Å²) in [5, 5.41) is 9.67. The van der Waals surface area contributed by atoms with Gasteiger partial charge in [0.05, 0.1) is 22.4 Å². The van der Waals surface area contributed by atoms with Crippen LogP contribution in [0.25, 0.3) is 10.2 Å². The summed E-state index contributed by atoms with van der Waals surface area (Å²) in [5.74, 6) is 0.994. The highest BCUT2D eigenvalue weighted by molar-refractivity contribution is 7.21. The molecule has 2 atom stereocenters. The molecule has 4 amide bonds. The molecule has 1 saturated carbocycles. The number of anilines is 3. The van der Waals surface area contributed by atoms with E-state index in [-0.39, 0.29) is 29.9 Å². The van der Waals surface area contributed by atoms with Gasteiger partial charge in [0.1, 0.15) is 21.2 Å². The fourth-order valence-electron chi connectivity index (χ4n) is 5.35. The van der Waals surface area contributed by atoms with Gasteiger partial charge in [0.15, 0.2) is 0 Å². The zero-order valence-electron chi connectivity index (χ0n) is 21.5. The number of hydrogen-bond acceptors (Lipinski definition) is 6. The summed E-state index contributed by atoms with van der Waals surface area (Å²) >= 11 is 1.24. The minimum absolute atomic E-state index is 0.104. The maximum atomic E-state index is 13.5. The standard InChI is InChI=1S/C29H27N5O4S/c1-16-15-19(38-18-7-4-3-5-8-18)11-12-22(16)34-23-13-14-30-28-24(23)25(33-29(34)37)26(39-28)27(36)32-21-10-6-9-20(21)31-17(2)35/h3-5,7-8,11-15,20-21H,6,9-10H2,1-2H3,(H,31,35)(H,32,36)(H,33,37)/t20?,21-/m1/s1. The second kappa shape index (κ2) is 10.0. The van der Waals surface area contributed by atoms with E-state index in [0.717, 1.165) is 36.0 Å². The highest BCUT2D eigenvalue weighted by atomic mass is 32.1. The number of carbonyl (C=O) groups excluding carboxylic acids is 3. The van der Waals surface area contributed by atoms with Crippen LogP contribution >= 0.6 is 11.3 Å². The van der Waals surface area contributed by atoms with Gasteiger partial charge in [0.25, 0.3) is 5.91 Å². The molecule has 3 heterocycles. The molecule has 1 aliphatic carbocycles. The molecule has 2 aromatic heterocycles. The average Bonchev–Trinajstić information content (AvgIpc) is 3.50. The van der Waals surface area contributed by atoms with E-state index < -0.39 is 0 Å². The SMILES string of the molecule is CC(=O)NC1CCC[C@H]1NC(=O)c1sc2nccc3c2c1NC(=O)N3c1ccc(Oc2ccccc2)cc1C. The van der Waals surface area contributed by atoms with Gasteiger partial charge in [0, 0.05) is 25.2 Å². The molecule has 0 radical (unpaired) electrons. The lowest BCUT2D eigenvalue weighted by atomic mass is 10.1. The van der Waals surface area contributed by atoms with Crippen LogP contribution in [0.3, 0.4) is 0 Å². The Bertz CT molecular complexity index is 1600. The molecule has 2 aromatic carbocycles. The molecule has 1 unspecified atom stereocenters. The van der Waals surface area contributed by atoms with Crippen molar-refractivity contribution in [3.05, 3.63) is 71.2 Å². The number of aromatic nitrogens is 1. The van der Waals surface area contributed by atoms with Crippen molar-refractivity contribution in [2.24, 2.45) is 0 Å². The van der Waals surface area contributed by atoms with Crippen LogP contribution in [0.2, 0.25) is 0 Å². The molecule has 198 valence electrons. The smallest absolute Gasteiger partial charge is 0.331 e. The second-order valence-corrected chi connectivity index (χ2v) is 10.8. The van der Waals surface area contributed by atoms with E-state index in [1.54, 1.807) is 17.2 Å². The molecule has 39 heavy (non-hydrogen) atoms. The van der Waals surface area contributed by atoms with E-state index in [2.05, 4.69) is 20.9 Å². The van der Waals surface area contributed by atoms with Crippen LogP contribution in [0.15, 0.2) is 60.8 Å². The summed E-state index contributed by atoms with van der Waals surface area (Å²) in [7, 11) is 0. The van der Waals surface area contributed by atoms with Gasteiger partial charge in [-0.25, -0.2) is 9.78 Å². The lowest BCUT2D eigenvalue weighted by Gasteiger charge is -2.29. The van der Waals surface area contributed by atoms with E-state index >= 15 is 0 Å². The average molecular weight is 542 g/mol. The van der Waals surface area contributed by atoms with Crippen molar-refractivity contribution in [2.45, 2.75) is 45.2 Å². The molecule has 10 heteroatoms. The third-order valence-electron chi connectivity index (χ3n) is 7.06. The summed E-state index contributed by atoms with van der Waals surface area (Å²) in [5.41, 5.74) is 2.68. The normalized spacial score (nSPS) is 18.1. The number of rotatable bonds is 6. The van der Waals surface area contributed by atoms with Gasteiger partial charge in [0.2, 0.25) is 5.91 Å². The minimum atomic E-state index is -0.362. The Balaban J connectivity index is 1.31. The van der Waals surface area contributed by atoms with Crippen molar-refractivity contribution < 1.29 is 19.1 Å². The monoisotopic (exact) mass is 541 g/mol. The number of thiophene rings is 1. The molecule has 0 spiro atoms. The fraction of sp³-hybridized carbons (Fsp3) is 0.241. The molecule has 1 fully saturated rings. The zero-order valence-corrected chi connectivity index (χ0v) is 22.3. The Morgan fingerprint density at radius 3 is 2.54 bits per heavy atom. The minimum Gasteiger partial charge on any atom is -0.457 e. The van der Waals surface area contributed by atoms with Gasteiger partial charge < -0.3 is 20.7 Å². The first-order valence-electron chi connectivity index (χ1n) is 12.8. The topological polar surface area (TPSA) is 113 Å². The molecule has 9 nitrogen and oxygen atoms in total. The van der Waals surface area contributed by atoms with E-state index in [0.29, 0.717) is 32.5 Å². The van der Waals surface area contributed by atoms with Gasteiger partial charge in [-0.05, 0) is 68.1 Å². The van der Waals surface area contributed by atoms with Crippen molar-refractivity contribution in [3.8, 4) is 11.5 Å². The summed E-state index contributed by atoms with van der Waals surface area (Å²) in [4.78, 5) is 45.6. The number of urea groups is 1. The largest absolute Gasteiger partial charge is 0.457 e. The van der Waals surface area contributed by atoms with Crippen LogP contribution in [0.5, 0.6) is 11.5 Å². The number of carbonyl (C=O) groups is 3. The van der Waals surface area contributed by atoms with Crippen LogP contribution in [0.4, 0.5) is 21.9 Å². The van der Waals surface area contributed by atoms with Crippen LogP contribution in [0.1, 0.15) is 41.4 Å². The summed E-state index contributed by atoms with van der Waals surface area (Å²) in [6.45, 7) is 3.40. The maximum absolute atomic E-state index is 13.5. The number of hydrogen-bond donors (Lipinski definition) is 3. The van der Waals surface area contributed by atoms with Crippen molar-refractivity contribution in [3.63, 3.8) is 0 Å². The molecule has 0 saturated heterocycles. The second-order valence-electron chi connectivity index (χ2n) is 9.76. The summed E-state index contributed by atoms with van der Waals surface area (Å²) in [6, 6.07) is 16.2. The first-order valence-corrected chi connectivity index (χ1v) is 13.6. The molecule has 4 aromatic rings. The number of nitrogens with zero attached hydrogens (tertiary/aromatic N) is 2. The Kier molecular flexibility index (Phi) is 6.40. The third-order valence-corrected chi connectivity index (χ3v) is 8.16. The maximum Gasteiger partial charge on any atom is 0.331 e. The number of nitrogens with one attached hydrogen (secondary N) is 3. The molecule has 3 N–H and O–H groups in total. The molecule has 6 rings (SSSR count). The van der Waals surface area contributed by atoms with Gasteiger partial charge in [-0.2, -0.15) is 0 Å². The quantitative estimate of drug-likeness (QED) is 0.283. The van der Waals surface area contributed by atoms with E-state index in [1.807, 2.05) is 55.5 Å². The molecule has 0 bridgehead atoms. The highest BCUT2D eigenvalue weighted by Crippen LogP contribution is 2.46. The van der Waals surface area contributed by atoms with Crippen molar-refractivity contribution >= 4 is 56.5 Å². The lowest BCUT2D eigenvalue weighted by Crippen LogP contribution is -2.48. The Morgan fingerprint density at radius 2 is 1.79 bits per heavy atom. The highest BCUT2D eigenvalue weighted by Gasteiger charge is 2.35. The first-order chi connectivity index (χ1) is 18.9. The zero-order chi connectivity index (χ0) is 27.1. The van der Waals surface area contributed by atoms with Gasteiger partial charge >= 0.3 is 6.03 Å². The van der Waals surface area contributed by atoms with E-state index in [4.69, 9.17) is 4.74 Å². The predicted octanol–water partition coefficient (Wildman–Crippen LogP) is 5.87. The Labute approximate surface area is 229 Å². The van der Waals surface area contributed by atoms with Crippen LogP contribution in [-0.4, -0.2) is 34.9 Å².